The summed E-state index contributed by atoms with van der Waals surface area (Å²) in [4.78, 5) is 4.39. The van der Waals surface area contributed by atoms with Crippen LogP contribution in [0.5, 0.6) is 0 Å². The van der Waals surface area contributed by atoms with E-state index in [-0.39, 0.29) is 0 Å². The first kappa shape index (κ1) is 14.2. The van der Waals surface area contributed by atoms with Crippen LogP contribution >= 0.6 is 23.1 Å². The summed E-state index contributed by atoms with van der Waals surface area (Å²) in [5.41, 5.74) is 0.600. The van der Waals surface area contributed by atoms with Crippen LogP contribution in [0.25, 0.3) is 0 Å². The minimum Gasteiger partial charge on any atom is -0.307 e. The molecule has 2 aromatic carbocycles. The predicted octanol–water partition coefficient (Wildman–Crippen LogP) is 3.48. The second-order valence-corrected chi connectivity index (χ2v) is 8.24. The summed E-state index contributed by atoms with van der Waals surface area (Å²) < 4.78 is 14.7. The number of pyridine rings is 1. The van der Waals surface area contributed by atoms with Crippen molar-refractivity contribution in [3.05, 3.63) is 83.5 Å². The van der Waals surface area contributed by atoms with Gasteiger partial charge in [-0.3, -0.25) is 4.98 Å². The number of hydrogen-bond donors (Lipinski definition) is 0. The molecule has 104 valence electrons. The van der Waals surface area contributed by atoms with E-state index >= 15 is 0 Å². The first-order chi connectivity index (χ1) is 10.2. The first-order valence-electron chi connectivity index (χ1n) is 6.54. The maximum atomic E-state index is 13.9. The maximum absolute atomic E-state index is 13.9. The molecule has 0 saturated carbocycles. The van der Waals surface area contributed by atoms with Crippen LogP contribution in [0.2, 0.25) is 0 Å². The molecule has 4 heteroatoms. The van der Waals surface area contributed by atoms with Gasteiger partial charge in [0.05, 0.1) is 0 Å². The summed E-state index contributed by atoms with van der Waals surface area (Å²) >= 11 is 3.37. The molecule has 2 nitrogen and oxygen atoms in total. The molecular weight excluding hydrogens is 345 g/mol. The Balaban J connectivity index is 2.26. The molecule has 0 radical (unpaired) electrons. The lowest BCUT2D eigenvalue weighted by Crippen LogP contribution is -2.26. The highest BCUT2D eigenvalue weighted by Gasteiger charge is 2.30. The smallest absolute Gasteiger partial charge is 0.188 e. The van der Waals surface area contributed by atoms with Crippen LogP contribution < -0.4 is 16.0 Å². The van der Waals surface area contributed by atoms with E-state index in [9.17, 15) is 4.57 Å². The van der Waals surface area contributed by atoms with Crippen molar-refractivity contribution in [1.82, 2.24) is 4.98 Å². The summed E-state index contributed by atoms with van der Waals surface area (Å²) in [5, 5.41) is 1.59. The van der Waals surface area contributed by atoms with E-state index in [1.807, 2.05) is 72.8 Å². The molecule has 3 aromatic rings. The summed E-state index contributed by atoms with van der Waals surface area (Å²) in [6.45, 7) is 0. The highest BCUT2D eigenvalue weighted by molar-refractivity contribution is 9.10. The Kier molecular flexibility index (Phi) is 4.05. The second-order valence-electron chi connectivity index (χ2n) is 4.61. The summed E-state index contributed by atoms with van der Waals surface area (Å²) in [6, 6.07) is 22.8. The zero-order valence-electron chi connectivity index (χ0n) is 11.2. The molecule has 0 aliphatic carbocycles. The van der Waals surface area contributed by atoms with Gasteiger partial charge in [0.25, 0.3) is 0 Å². The number of nitrogens with zero attached hydrogens (tertiary/aromatic N) is 1. The van der Waals surface area contributed by atoms with Crippen LogP contribution in [-0.4, -0.2) is 4.98 Å². The number of rotatable bonds is 3. The Labute approximate surface area is 132 Å². The highest BCUT2D eigenvalue weighted by atomic mass is 79.9. The SMILES string of the molecule is O=P(c1ccccc1)(c1ccccc1)c1ccc(Br)cn1. The Morgan fingerprint density at radius 1 is 0.762 bits per heavy atom. The van der Waals surface area contributed by atoms with Crippen molar-refractivity contribution in [2.45, 2.75) is 0 Å². The van der Waals surface area contributed by atoms with Crippen LogP contribution in [-0.2, 0) is 4.57 Å². The van der Waals surface area contributed by atoms with Gasteiger partial charge in [0.1, 0.15) is 5.44 Å². The molecule has 0 unspecified atom stereocenters. The average molecular weight is 358 g/mol. The minimum absolute atomic E-state index is 0.600. The Hall–Kier alpha value is -1.70. The van der Waals surface area contributed by atoms with E-state index < -0.39 is 7.14 Å². The molecule has 3 rings (SSSR count). The normalized spacial score (nSPS) is 11.3. The fourth-order valence-electron chi connectivity index (χ4n) is 2.24. The minimum atomic E-state index is -2.93. The molecule has 21 heavy (non-hydrogen) atoms. The van der Waals surface area contributed by atoms with E-state index in [4.69, 9.17) is 0 Å². The molecule has 0 aliphatic rings. The van der Waals surface area contributed by atoms with Crippen molar-refractivity contribution >= 4 is 39.1 Å². The summed E-state index contributed by atoms with van der Waals surface area (Å²) in [5.74, 6) is 0. The number of halogens is 1. The van der Waals surface area contributed by atoms with Crippen molar-refractivity contribution in [2.75, 3.05) is 0 Å². The molecule has 0 N–H and O–H groups in total. The Bertz CT molecular complexity index is 729. The number of benzene rings is 2. The van der Waals surface area contributed by atoms with Crippen LogP contribution in [0.1, 0.15) is 0 Å². The van der Waals surface area contributed by atoms with Gasteiger partial charge in [-0.1, -0.05) is 60.7 Å². The largest absolute Gasteiger partial charge is 0.307 e. The number of hydrogen-bond acceptors (Lipinski definition) is 2. The van der Waals surface area contributed by atoms with E-state index in [0.29, 0.717) is 5.44 Å². The van der Waals surface area contributed by atoms with Crippen LogP contribution in [0.4, 0.5) is 0 Å². The summed E-state index contributed by atoms with van der Waals surface area (Å²) in [6.07, 6.45) is 1.69. The molecule has 0 aliphatic heterocycles. The Morgan fingerprint density at radius 2 is 1.29 bits per heavy atom. The lowest BCUT2D eigenvalue weighted by molar-refractivity contribution is 0.592. The molecule has 0 bridgehead atoms. The van der Waals surface area contributed by atoms with E-state index in [1.54, 1.807) is 6.20 Å². The maximum Gasteiger partial charge on any atom is 0.188 e. The van der Waals surface area contributed by atoms with Gasteiger partial charge in [0, 0.05) is 21.3 Å². The predicted molar refractivity (Wildman–Crippen MR) is 91.3 cm³/mol. The standard InChI is InChI=1S/C17H13BrNOP/c18-14-11-12-17(19-13-14)21(20,15-7-3-1-4-8-15)16-9-5-2-6-10-16/h1-13H. The lowest BCUT2D eigenvalue weighted by atomic mass is 10.4. The van der Waals surface area contributed by atoms with Crippen LogP contribution in [0.3, 0.4) is 0 Å². The summed E-state index contributed by atoms with van der Waals surface area (Å²) in [7, 11) is -2.93. The quantitative estimate of drug-likeness (QED) is 0.671. The van der Waals surface area contributed by atoms with Gasteiger partial charge in [-0.15, -0.1) is 0 Å². The van der Waals surface area contributed by atoms with Gasteiger partial charge < -0.3 is 4.57 Å². The second kappa shape index (κ2) is 5.97. The monoisotopic (exact) mass is 357 g/mol. The topological polar surface area (TPSA) is 30.0 Å². The number of aromatic nitrogens is 1. The third-order valence-corrected chi connectivity index (χ3v) is 6.70. The fourth-order valence-corrected chi connectivity index (χ4v) is 4.99. The Morgan fingerprint density at radius 3 is 1.71 bits per heavy atom. The van der Waals surface area contributed by atoms with Gasteiger partial charge in [-0.2, -0.15) is 0 Å². The van der Waals surface area contributed by atoms with E-state index in [2.05, 4.69) is 20.9 Å². The van der Waals surface area contributed by atoms with E-state index in [0.717, 1.165) is 15.1 Å². The van der Waals surface area contributed by atoms with Gasteiger partial charge in [-0.05, 0) is 28.1 Å². The lowest BCUT2D eigenvalue weighted by Gasteiger charge is -2.18. The van der Waals surface area contributed by atoms with Crippen molar-refractivity contribution in [3.8, 4) is 0 Å². The van der Waals surface area contributed by atoms with Gasteiger partial charge in [-0.25, -0.2) is 0 Å². The molecule has 0 amide bonds. The zero-order valence-corrected chi connectivity index (χ0v) is 13.7. The van der Waals surface area contributed by atoms with Crippen molar-refractivity contribution < 1.29 is 4.57 Å². The highest BCUT2D eigenvalue weighted by Crippen LogP contribution is 2.41. The first-order valence-corrected chi connectivity index (χ1v) is 9.04. The molecule has 0 fully saturated rings. The van der Waals surface area contributed by atoms with E-state index in [1.165, 1.54) is 0 Å². The van der Waals surface area contributed by atoms with Crippen LogP contribution in [0.15, 0.2) is 83.5 Å². The average Bonchev–Trinajstić information content (AvgIpc) is 2.56. The third kappa shape index (κ3) is 2.72. The third-order valence-electron chi connectivity index (χ3n) is 3.27. The molecule has 0 atom stereocenters. The fraction of sp³-hybridized carbons (Fsp3) is 0. The molecule has 1 aromatic heterocycles. The van der Waals surface area contributed by atoms with Gasteiger partial charge in [0.2, 0.25) is 0 Å². The molecule has 0 spiro atoms. The van der Waals surface area contributed by atoms with Crippen molar-refractivity contribution in [3.63, 3.8) is 0 Å². The molecule has 1 heterocycles. The van der Waals surface area contributed by atoms with Gasteiger partial charge in [0.15, 0.2) is 7.14 Å². The van der Waals surface area contributed by atoms with Crippen molar-refractivity contribution in [1.29, 1.82) is 0 Å². The zero-order chi connectivity index (χ0) is 14.7. The van der Waals surface area contributed by atoms with Crippen molar-refractivity contribution in [2.24, 2.45) is 0 Å². The van der Waals surface area contributed by atoms with Gasteiger partial charge >= 0.3 is 0 Å². The van der Waals surface area contributed by atoms with Crippen LogP contribution in [0, 0.1) is 0 Å². The molecule has 0 saturated heterocycles. The molecular formula is C17H13BrNOP.